The summed E-state index contributed by atoms with van der Waals surface area (Å²) in [6.45, 7) is -1.01. The second-order valence-corrected chi connectivity index (χ2v) is 12.3. The maximum atomic E-state index is 14.3. The molecule has 0 unspecified atom stereocenters. The normalized spacial score (nSPS) is 11.8. The Morgan fingerprint density at radius 3 is 2.07 bits per heavy atom. The predicted octanol–water partition coefficient (Wildman–Crippen LogP) is 5.48. The molecule has 1 atom stereocenters. The summed E-state index contributed by atoms with van der Waals surface area (Å²) in [6.07, 6.45) is 0.0938. The Morgan fingerprint density at radius 2 is 1.48 bits per heavy atom. The van der Waals surface area contributed by atoms with Gasteiger partial charge in [-0.15, -0.1) is 0 Å². The van der Waals surface area contributed by atoms with E-state index in [-0.39, 0.29) is 39.3 Å². The lowest BCUT2D eigenvalue weighted by atomic mass is 10.0. The number of halogens is 2. The summed E-state index contributed by atoms with van der Waals surface area (Å²) in [4.78, 5) is 39.7. The van der Waals surface area contributed by atoms with E-state index in [2.05, 4.69) is 5.32 Å². The SMILES string of the molecule is CNC(=O)[C@@H](Cc1ccccc1)N(Cc1c(Cl)cccc1Cl)C(=O)CN(c1cccc([N+](=O)[O-])c1)S(=O)(=O)c1ccccc1. The van der Waals surface area contributed by atoms with Crippen LogP contribution in [0, 0.1) is 10.1 Å². The largest absolute Gasteiger partial charge is 0.357 e. The Hall–Kier alpha value is -4.45. The van der Waals surface area contributed by atoms with Crippen LogP contribution in [0.25, 0.3) is 0 Å². The predicted molar refractivity (Wildman–Crippen MR) is 169 cm³/mol. The number of carbonyl (C=O) groups is 2. The number of hydrogen-bond donors (Lipinski definition) is 1. The van der Waals surface area contributed by atoms with Gasteiger partial charge in [0.25, 0.3) is 15.7 Å². The molecular formula is C31H28Cl2N4O6S. The molecule has 228 valence electrons. The van der Waals surface area contributed by atoms with Gasteiger partial charge in [0.05, 0.1) is 15.5 Å². The molecule has 0 fully saturated rings. The minimum Gasteiger partial charge on any atom is -0.357 e. The Bertz CT molecular complexity index is 1740. The van der Waals surface area contributed by atoms with E-state index in [0.29, 0.717) is 5.56 Å². The van der Waals surface area contributed by atoms with Crippen LogP contribution in [0.2, 0.25) is 10.0 Å². The molecule has 4 rings (SSSR count). The number of likely N-dealkylation sites (N-methyl/N-ethyl adjacent to an activating group) is 1. The minimum absolute atomic E-state index is 0.0938. The zero-order valence-electron chi connectivity index (χ0n) is 23.5. The first-order chi connectivity index (χ1) is 21.0. The molecule has 13 heteroatoms. The fourth-order valence-corrected chi connectivity index (χ4v) is 6.53. The van der Waals surface area contributed by atoms with Gasteiger partial charge in [-0.1, -0.05) is 83.9 Å². The third kappa shape index (κ3) is 7.54. The van der Waals surface area contributed by atoms with E-state index in [1.54, 1.807) is 48.5 Å². The molecule has 2 amide bonds. The smallest absolute Gasteiger partial charge is 0.271 e. The molecule has 4 aromatic rings. The van der Waals surface area contributed by atoms with E-state index >= 15 is 0 Å². The van der Waals surface area contributed by atoms with E-state index in [9.17, 15) is 28.1 Å². The second kappa shape index (κ2) is 14.3. The molecule has 0 heterocycles. The number of benzene rings is 4. The first kappa shape index (κ1) is 32.5. The Labute approximate surface area is 265 Å². The number of non-ortho nitro benzene ring substituents is 1. The topological polar surface area (TPSA) is 130 Å². The van der Waals surface area contributed by atoms with Crippen molar-refractivity contribution in [1.82, 2.24) is 10.2 Å². The molecule has 0 aromatic heterocycles. The highest BCUT2D eigenvalue weighted by Gasteiger charge is 2.35. The van der Waals surface area contributed by atoms with Crippen molar-refractivity contribution >= 4 is 56.4 Å². The summed E-state index contributed by atoms with van der Waals surface area (Å²) in [5, 5.41) is 14.6. The summed E-state index contributed by atoms with van der Waals surface area (Å²) in [6, 6.07) is 25.1. The standard InChI is InChI=1S/C31H28Cl2N4O6S/c1-34-31(39)29(18-22-10-4-2-5-11-22)35(20-26-27(32)16-9-17-28(26)33)30(38)21-36(23-12-8-13-24(19-23)37(40)41)44(42,43)25-14-6-3-7-15-25/h2-17,19,29H,18,20-21H2,1H3,(H,34,39)/t29-/m1/s1. The first-order valence-electron chi connectivity index (χ1n) is 13.3. The van der Waals surface area contributed by atoms with Crippen LogP contribution in [-0.4, -0.2) is 49.7 Å². The highest BCUT2D eigenvalue weighted by atomic mass is 35.5. The van der Waals surface area contributed by atoms with Gasteiger partial charge in [-0.2, -0.15) is 0 Å². The Morgan fingerprint density at radius 1 is 0.886 bits per heavy atom. The third-order valence-corrected chi connectivity index (χ3v) is 9.34. The van der Waals surface area contributed by atoms with Gasteiger partial charge in [0.1, 0.15) is 12.6 Å². The van der Waals surface area contributed by atoms with Gasteiger partial charge in [-0.05, 0) is 35.9 Å². The van der Waals surface area contributed by atoms with Gasteiger partial charge < -0.3 is 10.2 Å². The van der Waals surface area contributed by atoms with Crippen LogP contribution >= 0.6 is 23.2 Å². The van der Waals surface area contributed by atoms with E-state index in [4.69, 9.17) is 23.2 Å². The van der Waals surface area contributed by atoms with Gasteiger partial charge in [0.15, 0.2) is 0 Å². The van der Waals surface area contributed by atoms with Gasteiger partial charge in [-0.25, -0.2) is 8.42 Å². The van der Waals surface area contributed by atoms with Gasteiger partial charge >= 0.3 is 0 Å². The second-order valence-electron chi connectivity index (χ2n) is 9.64. The zero-order valence-corrected chi connectivity index (χ0v) is 25.8. The minimum atomic E-state index is -4.41. The van der Waals surface area contributed by atoms with E-state index in [1.807, 2.05) is 6.07 Å². The number of nitrogens with one attached hydrogen (secondary N) is 1. The van der Waals surface area contributed by atoms with Crippen molar-refractivity contribution in [3.63, 3.8) is 0 Å². The molecule has 0 aliphatic carbocycles. The fraction of sp³-hybridized carbons (Fsp3) is 0.161. The van der Waals surface area contributed by atoms with Crippen LogP contribution in [0.5, 0.6) is 0 Å². The van der Waals surface area contributed by atoms with Crippen LogP contribution in [0.3, 0.4) is 0 Å². The van der Waals surface area contributed by atoms with E-state index in [0.717, 1.165) is 15.9 Å². The number of nitrogens with zero attached hydrogens (tertiary/aromatic N) is 3. The third-order valence-electron chi connectivity index (χ3n) is 6.85. The van der Waals surface area contributed by atoms with Crippen LogP contribution in [0.4, 0.5) is 11.4 Å². The molecule has 0 aliphatic heterocycles. The van der Waals surface area contributed by atoms with Crippen molar-refractivity contribution in [2.75, 3.05) is 17.9 Å². The van der Waals surface area contributed by atoms with Crippen molar-refractivity contribution in [2.45, 2.75) is 23.9 Å². The molecule has 4 aromatic carbocycles. The van der Waals surface area contributed by atoms with Crippen molar-refractivity contribution in [2.24, 2.45) is 0 Å². The molecule has 0 radical (unpaired) electrons. The number of rotatable bonds is 12. The highest BCUT2D eigenvalue weighted by molar-refractivity contribution is 7.92. The molecule has 0 spiro atoms. The zero-order chi connectivity index (χ0) is 31.9. The Kier molecular flexibility index (Phi) is 10.6. The number of hydrogen-bond acceptors (Lipinski definition) is 6. The van der Waals surface area contributed by atoms with Crippen molar-refractivity contribution in [1.29, 1.82) is 0 Å². The fourth-order valence-electron chi connectivity index (χ4n) is 4.58. The van der Waals surface area contributed by atoms with Crippen molar-refractivity contribution in [3.8, 4) is 0 Å². The lowest BCUT2D eigenvalue weighted by Crippen LogP contribution is -2.53. The molecule has 10 nitrogen and oxygen atoms in total. The average Bonchev–Trinajstić information content (AvgIpc) is 3.03. The number of anilines is 1. The van der Waals surface area contributed by atoms with Gasteiger partial charge in [0, 0.05) is 47.8 Å². The van der Waals surface area contributed by atoms with Crippen LogP contribution in [-0.2, 0) is 32.6 Å². The Balaban J connectivity index is 1.84. The van der Waals surface area contributed by atoms with Gasteiger partial charge in [-0.3, -0.25) is 24.0 Å². The summed E-state index contributed by atoms with van der Waals surface area (Å²) in [5.41, 5.74) is 0.637. The summed E-state index contributed by atoms with van der Waals surface area (Å²) in [7, 11) is -2.98. The molecule has 0 saturated heterocycles. The van der Waals surface area contributed by atoms with Crippen molar-refractivity contribution in [3.05, 3.63) is 134 Å². The number of carbonyl (C=O) groups excluding carboxylic acids is 2. The lowest BCUT2D eigenvalue weighted by Gasteiger charge is -2.34. The average molecular weight is 656 g/mol. The van der Waals surface area contributed by atoms with Crippen LogP contribution in [0.1, 0.15) is 11.1 Å². The first-order valence-corrected chi connectivity index (χ1v) is 15.5. The lowest BCUT2D eigenvalue weighted by molar-refractivity contribution is -0.384. The highest BCUT2D eigenvalue weighted by Crippen LogP contribution is 2.30. The number of sulfonamides is 1. The molecule has 1 N–H and O–H groups in total. The maximum Gasteiger partial charge on any atom is 0.271 e. The number of amides is 2. The quantitative estimate of drug-likeness (QED) is 0.159. The molecule has 0 bridgehead atoms. The summed E-state index contributed by atoms with van der Waals surface area (Å²) in [5.74, 6) is -1.27. The maximum absolute atomic E-state index is 14.3. The number of nitro benzene ring substituents is 1. The van der Waals surface area contributed by atoms with Crippen LogP contribution in [0.15, 0.2) is 108 Å². The number of nitro groups is 1. The van der Waals surface area contributed by atoms with E-state index < -0.39 is 39.3 Å². The van der Waals surface area contributed by atoms with Crippen molar-refractivity contribution < 1.29 is 22.9 Å². The molecule has 44 heavy (non-hydrogen) atoms. The monoisotopic (exact) mass is 654 g/mol. The molecule has 0 aliphatic rings. The summed E-state index contributed by atoms with van der Waals surface area (Å²) >= 11 is 12.9. The van der Waals surface area contributed by atoms with E-state index in [1.165, 1.54) is 54.4 Å². The molecular weight excluding hydrogens is 627 g/mol. The molecule has 0 saturated carbocycles. The van der Waals surface area contributed by atoms with Crippen LogP contribution < -0.4 is 9.62 Å². The summed E-state index contributed by atoms with van der Waals surface area (Å²) < 4.78 is 28.7. The van der Waals surface area contributed by atoms with Gasteiger partial charge in [0.2, 0.25) is 11.8 Å².